The number of aliphatic imine (C=N–C) groups is 1. The first kappa shape index (κ1) is 19.5. The van der Waals surface area contributed by atoms with E-state index in [1.165, 1.54) is 0 Å². The number of phenolic OH excluding ortho intramolecular Hbond substituents is 1. The molecule has 1 amide bonds. The van der Waals surface area contributed by atoms with Gasteiger partial charge in [0.2, 0.25) is 5.91 Å². The maximum Gasteiger partial charge on any atom is 0.222 e. The Hall–Kier alpha value is -2.24. The van der Waals surface area contributed by atoms with Crippen molar-refractivity contribution in [3.05, 3.63) is 23.8 Å². The van der Waals surface area contributed by atoms with Gasteiger partial charge in [-0.1, -0.05) is 26.8 Å². The Morgan fingerprint density at radius 1 is 1.33 bits per heavy atom. The number of amides is 1. The van der Waals surface area contributed by atoms with E-state index in [0.29, 0.717) is 30.7 Å². The molecule has 0 radical (unpaired) electrons. The normalized spacial score (nSPS) is 18.1. The van der Waals surface area contributed by atoms with Crippen LogP contribution < -0.4 is 10.6 Å². The first-order valence-corrected chi connectivity index (χ1v) is 10.0. The van der Waals surface area contributed by atoms with Crippen LogP contribution >= 0.6 is 0 Å². The zero-order valence-corrected chi connectivity index (χ0v) is 16.7. The summed E-state index contributed by atoms with van der Waals surface area (Å²) in [6.45, 7) is 8.75. The number of nitrogens with zero attached hydrogens (tertiary/aromatic N) is 2. The van der Waals surface area contributed by atoms with E-state index >= 15 is 0 Å². The van der Waals surface area contributed by atoms with Crippen LogP contribution in [0.3, 0.4) is 0 Å². The van der Waals surface area contributed by atoms with Crippen molar-refractivity contribution < 1.29 is 9.90 Å². The van der Waals surface area contributed by atoms with Gasteiger partial charge in [0.15, 0.2) is 5.96 Å². The molecule has 1 aromatic rings. The molecule has 1 heterocycles. The first-order chi connectivity index (χ1) is 12.8. The number of guanidine groups is 1. The Bertz CT molecular complexity index is 705. The summed E-state index contributed by atoms with van der Waals surface area (Å²) in [5, 5.41) is 16.9. The molecule has 0 atom stereocenters. The van der Waals surface area contributed by atoms with Crippen molar-refractivity contribution in [1.82, 2.24) is 10.2 Å². The van der Waals surface area contributed by atoms with E-state index in [1.807, 2.05) is 17.0 Å². The van der Waals surface area contributed by atoms with Crippen molar-refractivity contribution in [1.29, 1.82) is 0 Å². The molecule has 0 aromatic heterocycles. The third-order valence-corrected chi connectivity index (χ3v) is 5.06. The second-order valence-corrected chi connectivity index (χ2v) is 8.59. The predicted octanol–water partition coefficient (Wildman–Crippen LogP) is 3.22. The van der Waals surface area contributed by atoms with E-state index in [2.05, 4.69) is 36.4 Å². The Balaban J connectivity index is 1.63. The molecule has 1 aromatic carbocycles. The van der Waals surface area contributed by atoms with Gasteiger partial charge in [0, 0.05) is 32.1 Å². The number of phenols is 1. The number of carbonyl (C=O) groups is 1. The molecule has 6 heteroatoms. The van der Waals surface area contributed by atoms with Crippen LogP contribution in [0.2, 0.25) is 0 Å². The lowest BCUT2D eigenvalue weighted by molar-refractivity contribution is -0.127. The quantitative estimate of drug-likeness (QED) is 0.310. The third-order valence-electron chi connectivity index (χ3n) is 5.06. The second kappa shape index (κ2) is 8.19. The van der Waals surface area contributed by atoms with E-state index in [9.17, 15) is 9.90 Å². The number of rotatable bonds is 6. The molecule has 27 heavy (non-hydrogen) atoms. The van der Waals surface area contributed by atoms with Crippen molar-refractivity contribution in [3.63, 3.8) is 0 Å². The number of nitrogens with one attached hydrogen (secondary N) is 2. The summed E-state index contributed by atoms with van der Waals surface area (Å²) < 4.78 is 0. The highest BCUT2D eigenvalue weighted by Crippen LogP contribution is 2.31. The monoisotopic (exact) mass is 372 g/mol. The molecule has 0 spiro atoms. The minimum absolute atomic E-state index is 0.00756. The maximum absolute atomic E-state index is 11.7. The van der Waals surface area contributed by atoms with Gasteiger partial charge in [-0.25, -0.2) is 0 Å². The molecule has 2 fully saturated rings. The summed E-state index contributed by atoms with van der Waals surface area (Å²) in [6, 6.07) is 6.14. The topological polar surface area (TPSA) is 77.0 Å². The minimum Gasteiger partial charge on any atom is -0.506 e. The number of hydrogen-bond donors (Lipinski definition) is 3. The standard InChI is InChI=1S/C21H32N4O2/c1-21(2,3)15-7-10-18(26)17(14-15)24-20(23-16-8-9-16)22-11-5-13-25-12-4-6-19(25)27/h7,10,14,16,26H,4-6,8-9,11-13H2,1-3H3,(H2,22,23,24). The van der Waals surface area contributed by atoms with Gasteiger partial charge < -0.3 is 20.6 Å². The zero-order valence-electron chi connectivity index (χ0n) is 16.7. The molecule has 1 aliphatic carbocycles. The number of benzene rings is 1. The van der Waals surface area contributed by atoms with Crippen molar-refractivity contribution in [2.45, 2.75) is 64.3 Å². The highest BCUT2D eigenvalue weighted by molar-refractivity contribution is 5.95. The number of likely N-dealkylation sites (tertiary alicyclic amines) is 1. The molecule has 1 saturated carbocycles. The average Bonchev–Trinajstić information content (AvgIpc) is 3.32. The minimum atomic E-state index is 0.00756. The Kier molecular flexibility index (Phi) is 5.92. The van der Waals surface area contributed by atoms with Crippen molar-refractivity contribution in [2.24, 2.45) is 4.99 Å². The SMILES string of the molecule is CC(C)(C)c1ccc(O)c(NC(=NCCCN2CCCC2=O)NC2CC2)c1. The zero-order chi connectivity index (χ0) is 19.4. The first-order valence-electron chi connectivity index (χ1n) is 10.0. The average molecular weight is 373 g/mol. The molecular weight excluding hydrogens is 340 g/mol. The highest BCUT2D eigenvalue weighted by Gasteiger charge is 2.23. The van der Waals surface area contributed by atoms with Gasteiger partial charge in [0.1, 0.15) is 5.75 Å². The van der Waals surface area contributed by atoms with E-state index in [4.69, 9.17) is 0 Å². The van der Waals surface area contributed by atoms with Gasteiger partial charge in [0.25, 0.3) is 0 Å². The number of anilines is 1. The molecule has 148 valence electrons. The fourth-order valence-corrected chi connectivity index (χ4v) is 3.17. The van der Waals surface area contributed by atoms with E-state index < -0.39 is 0 Å². The van der Waals surface area contributed by atoms with E-state index in [-0.39, 0.29) is 17.1 Å². The molecule has 3 rings (SSSR count). The van der Waals surface area contributed by atoms with Crippen LogP contribution in [0.25, 0.3) is 0 Å². The predicted molar refractivity (Wildman–Crippen MR) is 109 cm³/mol. The number of carbonyl (C=O) groups excluding carboxylic acids is 1. The largest absolute Gasteiger partial charge is 0.506 e. The summed E-state index contributed by atoms with van der Waals surface area (Å²) in [6.07, 6.45) is 4.80. The summed E-state index contributed by atoms with van der Waals surface area (Å²) >= 11 is 0. The fourth-order valence-electron chi connectivity index (χ4n) is 3.17. The van der Waals surface area contributed by atoms with Gasteiger partial charge in [-0.3, -0.25) is 9.79 Å². The molecule has 3 N–H and O–H groups in total. The summed E-state index contributed by atoms with van der Waals surface area (Å²) in [5.74, 6) is 1.18. The molecule has 6 nitrogen and oxygen atoms in total. The number of hydrogen-bond acceptors (Lipinski definition) is 3. The smallest absolute Gasteiger partial charge is 0.222 e. The summed E-state index contributed by atoms with van der Waals surface area (Å²) in [4.78, 5) is 18.3. The Labute approximate surface area is 162 Å². The molecule has 1 saturated heterocycles. The lowest BCUT2D eigenvalue weighted by Crippen LogP contribution is -2.33. The van der Waals surface area contributed by atoms with Crippen LogP contribution in [0, 0.1) is 0 Å². The summed E-state index contributed by atoms with van der Waals surface area (Å²) in [5.41, 5.74) is 1.83. The number of aromatic hydroxyl groups is 1. The maximum atomic E-state index is 11.7. The van der Waals surface area contributed by atoms with Gasteiger partial charge in [-0.15, -0.1) is 0 Å². The Morgan fingerprint density at radius 2 is 2.11 bits per heavy atom. The third kappa shape index (κ3) is 5.62. The lowest BCUT2D eigenvalue weighted by Gasteiger charge is -2.21. The highest BCUT2D eigenvalue weighted by atomic mass is 16.3. The van der Waals surface area contributed by atoms with Crippen LogP contribution in [0.5, 0.6) is 5.75 Å². The van der Waals surface area contributed by atoms with Gasteiger partial charge in [0.05, 0.1) is 5.69 Å². The van der Waals surface area contributed by atoms with Crippen LogP contribution in [0.4, 0.5) is 5.69 Å². The molecule has 1 aliphatic heterocycles. The van der Waals surface area contributed by atoms with Gasteiger partial charge in [-0.05, 0) is 48.8 Å². The molecule has 0 unspecified atom stereocenters. The fraction of sp³-hybridized carbons (Fsp3) is 0.619. The van der Waals surface area contributed by atoms with Crippen molar-refractivity contribution >= 4 is 17.6 Å². The van der Waals surface area contributed by atoms with Crippen LogP contribution in [-0.4, -0.2) is 47.5 Å². The van der Waals surface area contributed by atoms with Crippen molar-refractivity contribution in [2.75, 3.05) is 25.0 Å². The van der Waals surface area contributed by atoms with Gasteiger partial charge >= 0.3 is 0 Å². The summed E-state index contributed by atoms with van der Waals surface area (Å²) in [7, 11) is 0. The van der Waals surface area contributed by atoms with E-state index in [0.717, 1.165) is 44.3 Å². The Morgan fingerprint density at radius 3 is 2.74 bits per heavy atom. The van der Waals surface area contributed by atoms with Crippen LogP contribution in [0.1, 0.15) is 58.4 Å². The molecule has 0 bridgehead atoms. The molecular formula is C21H32N4O2. The van der Waals surface area contributed by atoms with Crippen LogP contribution in [0.15, 0.2) is 23.2 Å². The van der Waals surface area contributed by atoms with Crippen molar-refractivity contribution in [3.8, 4) is 5.75 Å². The van der Waals surface area contributed by atoms with E-state index in [1.54, 1.807) is 6.07 Å². The second-order valence-electron chi connectivity index (χ2n) is 8.59. The van der Waals surface area contributed by atoms with Gasteiger partial charge in [-0.2, -0.15) is 0 Å². The van der Waals surface area contributed by atoms with Crippen LogP contribution in [-0.2, 0) is 10.2 Å². The molecule has 2 aliphatic rings. The lowest BCUT2D eigenvalue weighted by atomic mass is 9.87.